The van der Waals surface area contributed by atoms with Gasteiger partial charge >= 0.3 is 0 Å². The van der Waals surface area contributed by atoms with E-state index in [0.29, 0.717) is 5.82 Å². The molecule has 0 saturated heterocycles. The van der Waals surface area contributed by atoms with Gasteiger partial charge in [0.2, 0.25) is 0 Å². The quantitative estimate of drug-likeness (QED) is 0.184. The van der Waals surface area contributed by atoms with Gasteiger partial charge in [0.25, 0.3) is 0 Å². The summed E-state index contributed by atoms with van der Waals surface area (Å²) >= 11 is 0. The Morgan fingerprint density at radius 3 is 2.07 bits per heavy atom. The third-order valence-corrected chi connectivity index (χ3v) is 11.4. The Kier molecular flexibility index (Phi) is 8.17. The van der Waals surface area contributed by atoms with Crippen LogP contribution in [0.5, 0.6) is 5.75 Å². The van der Waals surface area contributed by atoms with E-state index in [4.69, 9.17) is 9.97 Å². The lowest BCUT2D eigenvalue weighted by Crippen LogP contribution is -2.17. The first-order chi connectivity index (χ1) is 26.8. The van der Waals surface area contributed by atoms with E-state index in [1.807, 2.05) is 6.20 Å². The molecule has 2 aromatic heterocycles. The fourth-order valence-corrected chi connectivity index (χ4v) is 8.37. The number of rotatable bonds is 4. The second kappa shape index (κ2) is 12.9. The lowest BCUT2D eigenvalue weighted by Gasteiger charge is -2.27. The smallest absolute Gasteiger partial charge is 0.149 e. The lowest BCUT2D eigenvalue weighted by molar-refractivity contribution is 0.446. The molecule has 0 unspecified atom stereocenters. The summed E-state index contributed by atoms with van der Waals surface area (Å²) in [5, 5.41) is 18.1. The Labute approximate surface area is 329 Å². The number of para-hydroxylation sites is 1. The average molecular weight is 730 g/mol. The molecule has 0 spiro atoms. The van der Waals surface area contributed by atoms with Gasteiger partial charge in [-0.05, 0) is 88.0 Å². The fourth-order valence-electron chi connectivity index (χ4n) is 8.37. The number of aromatic hydroxyl groups is 1. The van der Waals surface area contributed by atoms with Crippen LogP contribution in [-0.4, -0.2) is 19.6 Å². The molecule has 0 aliphatic rings. The fraction of sp³-hybridized carbons (Fsp3) is 0.192. The van der Waals surface area contributed by atoms with Crippen LogP contribution in [0.1, 0.15) is 63.8 Å². The maximum absolute atomic E-state index is 12.4. The van der Waals surface area contributed by atoms with Crippen molar-refractivity contribution in [2.45, 2.75) is 66.2 Å². The molecule has 4 heteroatoms. The second-order valence-corrected chi connectivity index (χ2v) is 17.4. The van der Waals surface area contributed by atoms with Gasteiger partial charge < -0.3 is 5.11 Å². The second-order valence-electron chi connectivity index (χ2n) is 17.4. The average Bonchev–Trinajstić information content (AvgIpc) is 3.56. The van der Waals surface area contributed by atoms with Crippen molar-refractivity contribution in [3.05, 3.63) is 156 Å². The minimum absolute atomic E-state index is 0.158. The Morgan fingerprint density at radius 1 is 0.554 bits per heavy atom. The minimum Gasteiger partial charge on any atom is -0.507 e. The van der Waals surface area contributed by atoms with Crippen molar-refractivity contribution in [2.24, 2.45) is 0 Å². The van der Waals surface area contributed by atoms with E-state index < -0.39 is 0 Å². The molecular formula is C52H47N3O. The molecule has 0 radical (unpaired) electrons. The molecular weight excluding hydrogens is 683 g/mol. The molecule has 2 heterocycles. The molecule has 9 aromatic rings. The number of benzene rings is 7. The number of phenols is 1. The maximum Gasteiger partial charge on any atom is 0.149 e. The molecule has 276 valence electrons. The summed E-state index contributed by atoms with van der Waals surface area (Å²) in [6, 6.07) is 45.5. The highest BCUT2D eigenvalue weighted by molar-refractivity contribution is 6.16. The van der Waals surface area contributed by atoms with Crippen LogP contribution in [0, 0.1) is 13.8 Å². The zero-order valence-electron chi connectivity index (χ0n) is 33.5. The van der Waals surface area contributed by atoms with Crippen molar-refractivity contribution in [3.63, 3.8) is 0 Å². The van der Waals surface area contributed by atoms with Crippen molar-refractivity contribution < 1.29 is 5.11 Å². The molecule has 0 amide bonds. The first kappa shape index (κ1) is 35.4. The van der Waals surface area contributed by atoms with Gasteiger partial charge in [0, 0.05) is 39.0 Å². The Morgan fingerprint density at radius 2 is 1.30 bits per heavy atom. The monoisotopic (exact) mass is 729 g/mol. The van der Waals surface area contributed by atoms with Crippen LogP contribution in [0.2, 0.25) is 0 Å². The van der Waals surface area contributed by atoms with E-state index in [-0.39, 0.29) is 16.6 Å². The summed E-state index contributed by atoms with van der Waals surface area (Å²) in [5.74, 6) is 0.974. The molecule has 0 fully saturated rings. The van der Waals surface area contributed by atoms with E-state index in [1.165, 1.54) is 21.9 Å². The van der Waals surface area contributed by atoms with Crippen LogP contribution in [0.25, 0.3) is 82.8 Å². The normalized spacial score (nSPS) is 12.4. The summed E-state index contributed by atoms with van der Waals surface area (Å²) in [4.78, 5) is 10.6. The van der Waals surface area contributed by atoms with Crippen LogP contribution >= 0.6 is 0 Å². The molecule has 9 rings (SSSR count). The number of phenolic OH excluding ortho intramolecular Hbond substituents is 1. The maximum atomic E-state index is 12.4. The van der Waals surface area contributed by atoms with Crippen molar-refractivity contribution in [1.82, 2.24) is 14.5 Å². The third-order valence-electron chi connectivity index (χ3n) is 11.4. The van der Waals surface area contributed by atoms with E-state index in [0.717, 1.165) is 77.3 Å². The van der Waals surface area contributed by atoms with Gasteiger partial charge in [0.1, 0.15) is 11.6 Å². The van der Waals surface area contributed by atoms with Gasteiger partial charge in [-0.3, -0.25) is 9.55 Å². The SMILES string of the molecule is Cc1ccc(-n2c(-c3cc(C(C)(C)C)cc(C(C)(C)C)c3O)nc3c(-c4cc(C)c5ccc6c7ccccc7cnc6c5c4)cccc32)c(-c2ccccc2)c1. The van der Waals surface area contributed by atoms with Crippen LogP contribution in [0.3, 0.4) is 0 Å². The van der Waals surface area contributed by atoms with Gasteiger partial charge in [-0.1, -0.05) is 144 Å². The molecule has 4 nitrogen and oxygen atoms in total. The number of aromatic nitrogens is 3. The number of nitrogens with zero attached hydrogens (tertiary/aromatic N) is 3. The summed E-state index contributed by atoms with van der Waals surface area (Å²) in [6.07, 6.45) is 1.99. The molecule has 0 aliphatic heterocycles. The van der Waals surface area contributed by atoms with Gasteiger partial charge in [-0.2, -0.15) is 0 Å². The zero-order valence-corrected chi connectivity index (χ0v) is 33.5. The molecule has 0 atom stereocenters. The minimum atomic E-state index is -0.300. The predicted molar refractivity (Wildman–Crippen MR) is 236 cm³/mol. The van der Waals surface area contributed by atoms with Crippen molar-refractivity contribution >= 4 is 43.5 Å². The Bertz CT molecular complexity index is 3010. The Hall–Kier alpha value is -6.26. The highest BCUT2D eigenvalue weighted by atomic mass is 16.3. The van der Waals surface area contributed by atoms with E-state index in [1.54, 1.807) is 0 Å². The number of fused-ring (bicyclic) bond motifs is 6. The summed E-state index contributed by atoms with van der Waals surface area (Å²) in [7, 11) is 0. The Balaban J connectivity index is 1.39. The van der Waals surface area contributed by atoms with Crippen molar-refractivity contribution in [2.75, 3.05) is 0 Å². The standard InChI is InChI=1S/C52H47N3O/c1-31-21-24-45(41(25-31)33-15-10-9-11-16-33)55-46-20-14-19-39(48(46)54-50(55)43-28-36(51(3,4)5)29-44(49(43)56)52(6,7)8)35-26-32(2)37-22-23-40-38-18-13-12-17-34(38)30-53-47(40)42(37)27-35/h9-30,56H,1-8H3. The number of imidazole rings is 1. The topological polar surface area (TPSA) is 50.9 Å². The highest BCUT2D eigenvalue weighted by Gasteiger charge is 2.29. The van der Waals surface area contributed by atoms with Crippen LogP contribution in [0.15, 0.2) is 134 Å². The summed E-state index contributed by atoms with van der Waals surface area (Å²) in [5.41, 5.74) is 12.8. The van der Waals surface area contributed by atoms with E-state index >= 15 is 0 Å². The van der Waals surface area contributed by atoms with E-state index in [2.05, 4.69) is 187 Å². The lowest BCUT2D eigenvalue weighted by atomic mass is 9.79. The molecule has 0 saturated carbocycles. The largest absolute Gasteiger partial charge is 0.507 e. The predicted octanol–water partition coefficient (Wildman–Crippen LogP) is 13.8. The van der Waals surface area contributed by atoms with Gasteiger partial charge in [0.05, 0.1) is 27.8 Å². The first-order valence-corrected chi connectivity index (χ1v) is 19.6. The first-order valence-electron chi connectivity index (χ1n) is 19.6. The van der Waals surface area contributed by atoms with Crippen LogP contribution in [-0.2, 0) is 10.8 Å². The number of pyridine rings is 1. The van der Waals surface area contributed by atoms with E-state index in [9.17, 15) is 5.11 Å². The number of hydrogen-bond donors (Lipinski definition) is 1. The summed E-state index contributed by atoms with van der Waals surface area (Å²) in [6.45, 7) is 17.5. The van der Waals surface area contributed by atoms with Gasteiger partial charge in [0.15, 0.2) is 0 Å². The van der Waals surface area contributed by atoms with Gasteiger partial charge in [-0.25, -0.2) is 4.98 Å². The molecule has 7 aromatic carbocycles. The number of hydrogen-bond acceptors (Lipinski definition) is 3. The van der Waals surface area contributed by atoms with Crippen LogP contribution < -0.4 is 0 Å². The van der Waals surface area contributed by atoms with Crippen molar-refractivity contribution in [1.29, 1.82) is 0 Å². The molecule has 0 aliphatic carbocycles. The highest BCUT2D eigenvalue weighted by Crippen LogP contribution is 2.46. The van der Waals surface area contributed by atoms with Gasteiger partial charge in [-0.15, -0.1) is 0 Å². The zero-order chi connectivity index (χ0) is 39.1. The summed E-state index contributed by atoms with van der Waals surface area (Å²) < 4.78 is 2.27. The molecule has 1 N–H and O–H groups in total. The van der Waals surface area contributed by atoms with Crippen molar-refractivity contribution in [3.8, 4) is 45.1 Å². The van der Waals surface area contributed by atoms with Crippen LogP contribution in [0.4, 0.5) is 0 Å². The third kappa shape index (κ3) is 5.83. The number of aryl methyl sites for hydroxylation is 2. The molecule has 0 bridgehead atoms. The molecule has 56 heavy (non-hydrogen) atoms.